The third-order valence-corrected chi connectivity index (χ3v) is 6.83. The van der Waals surface area contributed by atoms with Crippen LogP contribution < -0.4 is 20.1 Å². The number of nitrogens with one attached hydrogen (secondary N) is 2. The summed E-state index contributed by atoms with van der Waals surface area (Å²) in [7, 11) is 1.65. The molecule has 35 heavy (non-hydrogen) atoms. The summed E-state index contributed by atoms with van der Waals surface area (Å²) < 4.78 is 11.5. The standard InChI is InChI=1S/C30H32N2O3/c1-18(2)35-27-14-13-20(17-28(27)34-4)21-15-25-29(26(33)16-21)30(22-10-6-5-9-19(22)3)32-24-12-8-7-11-23(24)31-25/h5-14,17-18,21,30-32H,15-16H2,1-4H3. The molecule has 5 heteroatoms. The summed E-state index contributed by atoms with van der Waals surface area (Å²) in [4.78, 5) is 13.8. The first-order chi connectivity index (χ1) is 16.9. The van der Waals surface area contributed by atoms with Gasteiger partial charge in [-0.3, -0.25) is 4.79 Å². The van der Waals surface area contributed by atoms with E-state index in [1.54, 1.807) is 7.11 Å². The van der Waals surface area contributed by atoms with E-state index in [9.17, 15) is 4.79 Å². The average Bonchev–Trinajstić information content (AvgIpc) is 3.01. The predicted octanol–water partition coefficient (Wildman–Crippen LogP) is 6.77. The molecular formula is C30H32N2O3. The highest BCUT2D eigenvalue weighted by Gasteiger charge is 2.36. The van der Waals surface area contributed by atoms with Gasteiger partial charge in [-0.05, 0) is 74.1 Å². The molecule has 3 aromatic rings. The summed E-state index contributed by atoms with van der Waals surface area (Å²) in [6, 6.07) is 22.3. The van der Waals surface area contributed by atoms with Crippen molar-refractivity contribution in [3.8, 4) is 11.5 Å². The van der Waals surface area contributed by atoms with Crippen molar-refractivity contribution in [1.29, 1.82) is 0 Å². The van der Waals surface area contributed by atoms with Gasteiger partial charge in [0.2, 0.25) is 0 Å². The van der Waals surface area contributed by atoms with Gasteiger partial charge in [0, 0.05) is 17.7 Å². The summed E-state index contributed by atoms with van der Waals surface area (Å²) in [5, 5.41) is 7.28. The molecule has 1 aliphatic heterocycles. The first kappa shape index (κ1) is 23.0. The van der Waals surface area contributed by atoms with E-state index in [1.807, 2.05) is 50.2 Å². The highest BCUT2D eigenvalue weighted by Crippen LogP contribution is 2.45. The molecule has 0 spiro atoms. The summed E-state index contributed by atoms with van der Waals surface area (Å²) in [6.07, 6.45) is 1.25. The maximum absolute atomic E-state index is 13.8. The number of para-hydroxylation sites is 2. The number of Topliss-reactive ketones (excluding diaryl/α,β-unsaturated/α-hetero) is 1. The van der Waals surface area contributed by atoms with Gasteiger partial charge in [0.15, 0.2) is 17.3 Å². The number of carbonyl (C=O) groups excluding carboxylic acids is 1. The van der Waals surface area contributed by atoms with Gasteiger partial charge in [0.1, 0.15) is 0 Å². The van der Waals surface area contributed by atoms with E-state index in [1.165, 1.54) is 0 Å². The Morgan fingerprint density at radius 2 is 1.66 bits per heavy atom. The van der Waals surface area contributed by atoms with Crippen LogP contribution in [0.1, 0.15) is 55.3 Å². The molecular weight excluding hydrogens is 436 g/mol. The third kappa shape index (κ3) is 4.51. The van der Waals surface area contributed by atoms with Crippen LogP contribution in [0.3, 0.4) is 0 Å². The van der Waals surface area contributed by atoms with Crippen molar-refractivity contribution in [3.63, 3.8) is 0 Å². The van der Waals surface area contributed by atoms with Gasteiger partial charge in [0.25, 0.3) is 0 Å². The van der Waals surface area contributed by atoms with Crippen molar-refractivity contribution >= 4 is 17.2 Å². The van der Waals surface area contributed by atoms with Gasteiger partial charge in [-0.1, -0.05) is 42.5 Å². The molecule has 0 radical (unpaired) electrons. The Morgan fingerprint density at radius 1 is 0.914 bits per heavy atom. The highest BCUT2D eigenvalue weighted by atomic mass is 16.5. The van der Waals surface area contributed by atoms with Crippen LogP contribution in [0.25, 0.3) is 0 Å². The second-order valence-electron chi connectivity index (χ2n) is 9.60. The molecule has 0 saturated heterocycles. The Kier molecular flexibility index (Phi) is 6.25. The summed E-state index contributed by atoms with van der Waals surface area (Å²) >= 11 is 0. The van der Waals surface area contributed by atoms with Crippen LogP contribution in [-0.4, -0.2) is 19.0 Å². The lowest BCUT2D eigenvalue weighted by molar-refractivity contribution is -0.116. The van der Waals surface area contributed by atoms with Crippen LogP contribution >= 0.6 is 0 Å². The molecule has 0 aromatic heterocycles. The molecule has 2 unspecified atom stereocenters. The predicted molar refractivity (Wildman–Crippen MR) is 140 cm³/mol. The van der Waals surface area contributed by atoms with E-state index in [2.05, 4.69) is 47.9 Å². The first-order valence-corrected chi connectivity index (χ1v) is 12.2. The number of anilines is 2. The highest BCUT2D eigenvalue weighted by molar-refractivity contribution is 6.01. The van der Waals surface area contributed by atoms with Crippen molar-refractivity contribution < 1.29 is 14.3 Å². The van der Waals surface area contributed by atoms with Gasteiger partial charge >= 0.3 is 0 Å². The molecule has 2 atom stereocenters. The Labute approximate surface area is 207 Å². The molecule has 3 aromatic carbocycles. The fraction of sp³-hybridized carbons (Fsp3) is 0.300. The van der Waals surface area contributed by atoms with Crippen molar-refractivity contribution in [3.05, 3.63) is 94.7 Å². The minimum Gasteiger partial charge on any atom is -0.493 e. The largest absolute Gasteiger partial charge is 0.493 e. The topological polar surface area (TPSA) is 59.6 Å². The van der Waals surface area contributed by atoms with E-state index in [0.29, 0.717) is 12.2 Å². The molecule has 1 aliphatic carbocycles. The maximum atomic E-state index is 13.8. The molecule has 1 heterocycles. The minimum absolute atomic E-state index is 0.0542. The van der Waals surface area contributed by atoms with Crippen molar-refractivity contribution in [2.75, 3.05) is 17.7 Å². The van der Waals surface area contributed by atoms with Crippen LogP contribution in [0, 0.1) is 6.92 Å². The number of benzene rings is 3. The number of methoxy groups -OCH3 is 1. The van der Waals surface area contributed by atoms with Gasteiger partial charge in [-0.25, -0.2) is 0 Å². The number of allylic oxidation sites excluding steroid dienone is 1. The number of hydrogen-bond acceptors (Lipinski definition) is 5. The zero-order valence-electron chi connectivity index (χ0n) is 20.7. The molecule has 0 saturated carbocycles. The average molecular weight is 469 g/mol. The summed E-state index contributed by atoms with van der Waals surface area (Å²) in [5.41, 5.74) is 7.17. The zero-order chi connectivity index (χ0) is 24.5. The van der Waals surface area contributed by atoms with E-state index in [4.69, 9.17) is 9.47 Å². The molecule has 0 fully saturated rings. The zero-order valence-corrected chi connectivity index (χ0v) is 20.7. The SMILES string of the molecule is COc1cc(C2CC(=O)C3=C(C2)Nc2ccccc2NC3c2ccccc2C)ccc1OC(C)C. The van der Waals surface area contributed by atoms with Crippen molar-refractivity contribution in [1.82, 2.24) is 0 Å². The Hall–Kier alpha value is -3.73. The monoisotopic (exact) mass is 468 g/mol. The molecule has 2 N–H and O–H groups in total. The summed E-state index contributed by atoms with van der Waals surface area (Å²) in [6.45, 7) is 6.09. The normalized spacial score (nSPS) is 19.3. The lowest BCUT2D eigenvalue weighted by atomic mass is 9.78. The van der Waals surface area contributed by atoms with Crippen LogP contribution in [0.4, 0.5) is 11.4 Å². The van der Waals surface area contributed by atoms with E-state index in [-0.39, 0.29) is 23.8 Å². The van der Waals surface area contributed by atoms with Gasteiger partial charge in [-0.15, -0.1) is 0 Å². The van der Waals surface area contributed by atoms with Crippen molar-refractivity contribution in [2.24, 2.45) is 0 Å². The van der Waals surface area contributed by atoms with Gasteiger partial charge in [-0.2, -0.15) is 0 Å². The molecule has 5 rings (SSSR count). The number of hydrogen-bond donors (Lipinski definition) is 2. The number of carbonyl (C=O) groups is 1. The number of aryl methyl sites for hydroxylation is 1. The molecule has 5 nitrogen and oxygen atoms in total. The van der Waals surface area contributed by atoms with Crippen LogP contribution in [-0.2, 0) is 4.79 Å². The van der Waals surface area contributed by atoms with Crippen molar-refractivity contribution in [2.45, 2.75) is 51.7 Å². The molecule has 0 amide bonds. The Balaban J connectivity index is 1.56. The molecule has 0 bridgehead atoms. The third-order valence-electron chi connectivity index (χ3n) is 6.83. The second kappa shape index (κ2) is 9.49. The lowest BCUT2D eigenvalue weighted by Crippen LogP contribution is -2.27. The van der Waals surface area contributed by atoms with E-state index >= 15 is 0 Å². The fourth-order valence-electron chi connectivity index (χ4n) is 5.16. The number of ketones is 1. The number of rotatable bonds is 5. The van der Waals surface area contributed by atoms with E-state index < -0.39 is 0 Å². The van der Waals surface area contributed by atoms with Crippen LogP contribution in [0.15, 0.2) is 78.0 Å². The number of fused-ring (bicyclic) bond motifs is 1. The van der Waals surface area contributed by atoms with Crippen LogP contribution in [0.2, 0.25) is 0 Å². The van der Waals surface area contributed by atoms with Gasteiger partial charge < -0.3 is 20.1 Å². The molecule has 2 aliphatic rings. The minimum atomic E-state index is -0.202. The molecule has 180 valence electrons. The first-order valence-electron chi connectivity index (χ1n) is 12.2. The number of ether oxygens (including phenoxy) is 2. The lowest BCUT2D eigenvalue weighted by Gasteiger charge is -2.30. The smallest absolute Gasteiger partial charge is 0.163 e. The van der Waals surface area contributed by atoms with Crippen LogP contribution in [0.5, 0.6) is 11.5 Å². The maximum Gasteiger partial charge on any atom is 0.163 e. The Morgan fingerprint density at radius 3 is 2.40 bits per heavy atom. The van der Waals surface area contributed by atoms with E-state index in [0.717, 1.165) is 51.5 Å². The van der Waals surface area contributed by atoms with Gasteiger partial charge in [0.05, 0.1) is 30.6 Å². The fourth-order valence-corrected chi connectivity index (χ4v) is 5.16. The summed E-state index contributed by atoms with van der Waals surface area (Å²) in [5.74, 6) is 1.64. The Bertz CT molecular complexity index is 1290. The second-order valence-corrected chi connectivity index (χ2v) is 9.60. The quantitative estimate of drug-likeness (QED) is 0.433.